The van der Waals surface area contributed by atoms with Crippen molar-refractivity contribution in [3.05, 3.63) is 34.6 Å². The zero-order valence-electron chi connectivity index (χ0n) is 13.6. The Labute approximate surface area is 153 Å². The predicted molar refractivity (Wildman–Crippen MR) is 88.5 cm³/mol. The monoisotopic (exact) mass is 388 g/mol. The summed E-state index contributed by atoms with van der Waals surface area (Å²) in [4.78, 5) is 35.8. The van der Waals surface area contributed by atoms with E-state index in [0.717, 1.165) is 6.07 Å². The molecule has 0 unspecified atom stereocenters. The van der Waals surface area contributed by atoms with E-state index in [1.165, 1.54) is 17.0 Å². The lowest BCUT2D eigenvalue weighted by Crippen LogP contribution is -2.47. The van der Waals surface area contributed by atoms with Crippen molar-refractivity contribution >= 4 is 29.6 Å². The largest absolute Gasteiger partial charge is 0.410 e. The molecule has 1 aliphatic heterocycles. The molecule has 5 N–H and O–H groups in total. The Morgan fingerprint density at radius 3 is 2.77 bits per heavy atom. The van der Waals surface area contributed by atoms with Crippen molar-refractivity contribution < 1.29 is 28.6 Å². The average Bonchev–Trinajstić information content (AvgIpc) is 2.80. The first-order valence-corrected chi connectivity index (χ1v) is 8.04. The van der Waals surface area contributed by atoms with Crippen LogP contribution in [0.5, 0.6) is 0 Å². The smallest absolute Gasteiger partial charge is 0.407 e. The topological polar surface area (TPSA) is 134 Å². The fraction of sp³-hybridized carbons (Fsp3) is 0.400. The highest BCUT2D eigenvalue weighted by Crippen LogP contribution is 2.24. The van der Waals surface area contributed by atoms with E-state index in [0.29, 0.717) is 5.56 Å². The molecular formula is C15H18ClFN4O5. The van der Waals surface area contributed by atoms with Gasteiger partial charge in [0.05, 0.1) is 0 Å². The van der Waals surface area contributed by atoms with E-state index in [4.69, 9.17) is 22.1 Å². The Kier molecular flexibility index (Phi) is 6.22. The van der Waals surface area contributed by atoms with Crippen molar-refractivity contribution in [3.8, 4) is 0 Å². The van der Waals surface area contributed by atoms with E-state index in [1.54, 1.807) is 0 Å². The van der Waals surface area contributed by atoms with Gasteiger partial charge < -0.3 is 31.1 Å². The molecule has 1 aromatic carbocycles. The van der Waals surface area contributed by atoms with Gasteiger partial charge in [0.2, 0.25) is 0 Å². The second kappa shape index (κ2) is 8.19. The number of ether oxygens (including phenoxy) is 1. The maximum Gasteiger partial charge on any atom is 0.410 e. The summed E-state index contributed by atoms with van der Waals surface area (Å²) >= 11 is 5.71. The number of aliphatic hydroxyl groups is 1. The lowest BCUT2D eigenvalue weighted by atomic mass is 10.2. The number of halogens is 2. The van der Waals surface area contributed by atoms with Crippen LogP contribution in [0.3, 0.4) is 0 Å². The zero-order valence-corrected chi connectivity index (χ0v) is 14.4. The number of hydrogen-bond acceptors (Lipinski definition) is 5. The van der Waals surface area contributed by atoms with Crippen molar-refractivity contribution in [2.45, 2.75) is 18.8 Å². The van der Waals surface area contributed by atoms with Crippen LogP contribution in [0.15, 0.2) is 18.2 Å². The molecule has 1 atom stereocenters. The number of rotatable bonds is 6. The van der Waals surface area contributed by atoms with Gasteiger partial charge in [-0.05, 0) is 23.8 Å². The van der Waals surface area contributed by atoms with Gasteiger partial charge in [-0.3, -0.25) is 4.79 Å². The molecule has 1 aliphatic rings. The molecule has 1 heterocycles. The molecule has 9 nitrogen and oxygen atoms in total. The number of carbonyl (C=O) groups excluding carboxylic acids is 3. The van der Waals surface area contributed by atoms with Crippen LogP contribution in [-0.2, 0) is 16.1 Å². The Morgan fingerprint density at radius 1 is 1.38 bits per heavy atom. The van der Waals surface area contributed by atoms with Gasteiger partial charge in [-0.2, -0.15) is 0 Å². The predicted octanol–water partition coefficient (Wildman–Crippen LogP) is 0.294. The van der Waals surface area contributed by atoms with Crippen molar-refractivity contribution in [3.63, 3.8) is 0 Å². The number of hydrogen-bond donors (Lipinski definition) is 4. The molecule has 4 amide bonds. The number of alkyl carbamates (subject to hydrolysis) is 1. The summed E-state index contributed by atoms with van der Waals surface area (Å²) < 4.78 is 18.1. The molecule has 0 bridgehead atoms. The first-order chi connectivity index (χ1) is 12.2. The second-order valence-electron chi connectivity index (χ2n) is 5.64. The Morgan fingerprint density at radius 2 is 2.12 bits per heavy atom. The van der Waals surface area contributed by atoms with E-state index >= 15 is 0 Å². The fourth-order valence-electron chi connectivity index (χ4n) is 2.44. The number of nitrogens with one attached hydrogen (secondary N) is 2. The number of nitrogens with zero attached hydrogens (tertiary/aromatic N) is 1. The van der Waals surface area contributed by atoms with Gasteiger partial charge in [-0.1, -0.05) is 11.6 Å². The van der Waals surface area contributed by atoms with Gasteiger partial charge in [0.1, 0.15) is 5.82 Å². The molecule has 142 valence electrons. The van der Waals surface area contributed by atoms with Crippen molar-refractivity contribution in [1.29, 1.82) is 0 Å². The highest BCUT2D eigenvalue weighted by Gasteiger charge is 2.48. The van der Waals surface area contributed by atoms with Crippen LogP contribution >= 0.6 is 11.6 Å². The molecule has 1 saturated heterocycles. The molecule has 0 radical (unpaired) electrons. The minimum absolute atomic E-state index is 0.101. The highest BCUT2D eigenvalue weighted by atomic mass is 35.5. The first kappa shape index (κ1) is 19.7. The Bertz CT molecular complexity index is 699. The van der Waals surface area contributed by atoms with E-state index < -0.39 is 29.6 Å². The number of carbonyl (C=O) groups is 3. The summed E-state index contributed by atoms with van der Waals surface area (Å²) in [5.41, 5.74) is 5.30. The maximum absolute atomic E-state index is 13.2. The summed E-state index contributed by atoms with van der Waals surface area (Å²) in [7, 11) is 0. The third kappa shape index (κ3) is 5.20. The molecule has 0 aliphatic carbocycles. The van der Waals surface area contributed by atoms with Gasteiger partial charge in [0.15, 0.2) is 0 Å². The number of nitrogens with two attached hydrogens (primary N) is 1. The van der Waals surface area contributed by atoms with Crippen LogP contribution in [0.25, 0.3) is 0 Å². The van der Waals surface area contributed by atoms with Gasteiger partial charge in [-0.15, -0.1) is 0 Å². The number of primary amides is 1. The van der Waals surface area contributed by atoms with Crippen LogP contribution in [0.4, 0.5) is 14.0 Å². The normalized spacial score (nSPS) is 19.3. The summed E-state index contributed by atoms with van der Waals surface area (Å²) in [5, 5.41) is 15.0. The minimum atomic E-state index is -2.30. The Hall–Kier alpha value is -2.59. The summed E-state index contributed by atoms with van der Waals surface area (Å²) in [5.74, 6) is -3.66. The Balaban J connectivity index is 1.85. The summed E-state index contributed by atoms with van der Waals surface area (Å²) in [6.07, 6.45) is -1.17. The zero-order chi connectivity index (χ0) is 19.3. The van der Waals surface area contributed by atoms with E-state index in [-0.39, 0.29) is 37.6 Å². The summed E-state index contributed by atoms with van der Waals surface area (Å²) in [6, 6.07) is 3.01. The third-order valence-electron chi connectivity index (χ3n) is 3.64. The van der Waals surface area contributed by atoms with E-state index in [1.807, 2.05) is 0 Å². The van der Waals surface area contributed by atoms with Crippen LogP contribution in [0.2, 0.25) is 5.02 Å². The van der Waals surface area contributed by atoms with Gasteiger partial charge in [-0.25, -0.2) is 14.0 Å². The summed E-state index contributed by atoms with van der Waals surface area (Å²) in [6.45, 7) is 0.246. The fourth-order valence-corrected chi connectivity index (χ4v) is 2.69. The quantitative estimate of drug-likeness (QED) is 0.520. The lowest BCUT2D eigenvalue weighted by Gasteiger charge is -2.22. The number of amides is 4. The number of urea groups is 1. The van der Waals surface area contributed by atoms with E-state index in [2.05, 4.69) is 10.6 Å². The molecule has 1 aromatic rings. The van der Waals surface area contributed by atoms with Crippen LogP contribution in [-0.4, -0.2) is 53.5 Å². The first-order valence-electron chi connectivity index (χ1n) is 7.66. The van der Waals surface area contributed by atoms with Gasteiger partial charge >= 0.3 is 12.1 Å². The molecule has 2 rings (SSSR count). The number of benzene rings is 1. The highest BCUT2D eigenvalue weighted by molar-refractivity contribution is 6.30. The lowest BCUT2D eigenvalue weighted by molar-refractivity contribution is -0.182. The van der Waals surface area contributed by atoms with E-state index in [9.17, 15) is 23.9 Å². The molecule has 26 heavy (non-hydrogen) atoms. The van der Waals surface area contributed by atoms with Gasteiger partial charge in [0, 0.05) is 37.6 Å². The third-order valence-corrected chi connectivity index (χ3v) is 3.86. The second-order valence-corrected chi connectivity index (χ2v) is 6.07. The molecule has 0 saturated carbocycles. The van der Waals surface area contributed by atoms with Crippen molar-refractivity contribution in [1.82, 2.24) is 15.5 Å². The number of likely N-dealkylation sites (tertiary alicyclic amines) is 1. The van der Waals surface area contributed by atoms with Crippen molar-refractivity contribution in [2.75, 3.05) is 19.6 Å². The molecule has 0 aromatic heterocycles. The molecule has 11 heteroatoms. The molecule has 1 fully saturated rings. The molecular weight excluding hydrogens is 371 g/mol. The average molecular weight is 389 g/mol. The van der Waals surface area contributed by atoms with Gasteiger partial charge in [0.25, 0.3) is 11.7 Å². The van der Waals surface area contributed by atoms with Crippen LogP contribution in [0.1, 0.15) is 12.0 Å². The van der Waals surface area contributed by atoms with Crippen molar-refractivity contribution in [2.24, 2.45) is 5.73 Å². The van der Waals surface area contributed by atoms with Crippen LogP contribution < -0.4 is 16.4 Å². The standard InChI is InChI=1S/C15H18ClFN4O5/c16-10-5-9(6-11(17)7-10)8-20-14(24)26-15(25)1-3-21(12(15)22)4-2-19-13(18)23/h5-7,25H,1-4,8H2,(H,20,24)(H3,18,19,23)/t15-/m0/s1. The molecule has 0 spiro atoms. The SMILES string of the molecule is NC(=O)NCCN1CC[C@](O)(OC(=O)NCc2cc(F)cc(Cl)c2)C1=O. The minimum Gasteiger partial charge on any atom is -0.407 e. The maximum atomic E-state index is 13.2. The van der Waals surface area contributed by atoms with Crippen LogP contribution in [0, 0.1) is 5.82 Å².